The van der Waals surface area contributed by atoms with Crippen molar-refractivity contribution >= 4 is 0 Å². The second-order valence-electron chi connectivity index (χ2n) is 5.68. The summed E-state index contributed by atoms with van der Waals surface area (Å²) >= 11 is 0. The minimum atomic E-state index is -0.595. The molecule has 1 aromatic carbocycles. The Morgan fingerprint density at radius 1 is 1.40 bits per heavy atom. The van der Waals surface area contributed by atoms with Gasteiger partial charge in [0.05, 0.1) is 6.10 Å². The number of ether oxygens (including phenoxy) is 1. The van der Waals surface area contributed by atoms with Crippen LogP contribution < -0.4 is 0 Å². The standard InChI is InChI=1S/C16H24FNO2/c1-18(12-13-6-9-20-10-7-13)8-5-16(19)14-3-2-4-15(17)11-14/h2-4,11,13,16,19H,5-10,12H2,1H3. The van der Waals surface area contributed by atoms with E-state index in [9.17, 15) is 9.50 Å². The van der Waals surface area contributed by atoms with Crippen molar-refractivity contribution in [3.63, 3.8) is 0 Å². The van der Waals surface area contributed by atoms with Gasteiger partial charge in [0, 0.05) is 26.3 Å². The highest BCUT2D eigenvalue weighted by atomic mass is 19.1. The molecule has 0 saturated carbocycles. The van der Waals surface area contributed by atoms with Crippen LogP contribution in [0.2, 0.25) is 0 Å². The summed E-state index contributed by atoms with van der Waals surface area (Å²) in [5, 5.41) is 10.1. The van der Waals surface area contributed by atoms with Crippen LogP contribution in [0.5, 0.6) is 0 Å². The lowest BCUT2D eigenvalue weighted by Gasteiger charge is -2.27. The van der Waals surface area contributed by atoms with Gasteiger partial charge in [-0.1, -0.05) is 12.1 Å². The predicted molar refractivity (Wildman–Crippen MR) is 77.0 cm³/mol. The molecule has 20 heavy (non-hydrogen) atoms. The second-order valence-corrected chi connectivity index (χ2v) is 5.68. The molecule has 2 rings (SSSR count). The van der Waals surface area contributed by atoms with Gasteiger partial charge in [-0.3, -0.25) is 0 Å². The first-order chi connectivity index (χ1) is 9.65. The topological polar surface area (TPSA) is 32.7 Å². The molecule has 0 aromatic heterocycles. The van der Waals surface area contributed by atoms with Gasteiger partial charge in [-0.15, -0.1) is 0 Å². The quantitative estimate of drug-likeness (QED) is 0.870. The molecule has 0 aliphatic carbocycles. The smallest absolute Gasteiger partial charge is 0.123 e. The zero-order valence-electron chi connectivity index (χ0n) is 12.1. The highest BCUT2D eigenvalue weighted by Gasteiger charge is 2.16. The zero-order valence-corrected chi connectivity index (χ0v) is 12.1. The lowest BCUT2D eigenvalue weighted by molar-refractivity contribution is 0.0534. The minimum absolute atomic E-state index is 0.294. The Bertz CT molecular complexity index is 407. The molecular formula is C16H24FNO2. The third kappa shape index (κ3) is 4.85. The molecule has 4 heteroatoms. The molecule has 1 unspecified atom stereocenters. The number of halogens is 1. The minimum Gasteiger partial charge on any atom is -0.388 e. The summed E-state index contributed by atoms with van der Waals surface area (Å²) in [6.45, 7) is 3.59. The highest BCUT2D eigenvalue weighted by Crippen LogP contribution is 2.19. The Morgan fingerprint density at radius 2 is 2.15 bits per heavy atom. The van der Waals surface area contributed by atoms with E-state index < -0.39 is 6.10 Å². The first kappa shape index (κ1) is 15.4. The molecule has 1 fully saturated rings. The summed E-state index contributed by atoms with van der Waals surface area (Å²) in [5.41, 5.74) is 0.657. The van der Waals surface area contributed by atoms with Gasteiger partial charge < -0.3 is 14.7 Å². The number of rotatable bonds is 6. The van der Waals surface area contributed by atoms with E-state index in [0.29, 0.717) is 17.9 Å². The first-order valence-corrected chi connectivity index (χ1v) is 7.35. The maximum Gasteiger partial charge on any atom is 0.123 e. The zero-order chi connectivity index (χ0) is 14.4. The van der Waals surface area contributed by atoms with Crippen molar-refractivity contribution in [2.75, 3.05) is 33.4 Å². The SMILES string of the molecule is CN(CCC(O)c1cccc(F)c1)CC1CCOCC1. The van der Waals surface area contributed by atoms with Crippen molar-refractivity contribution in [3.8, 4) is 0 Å². The van der Waals surface area contributed by atoms with Crippen molar-refractivity contribution < 1.29 is 14.2 Å². The molecule has 0 bridgehead atoms. The predicted octanol–water partition coefficient (Wildman–Crippen LogP) is 2.61. The van der Waals surface area contributed by atoms with E-state index in [1.54, 1.807) is 12.1 Å². The van der Waals surface area contributed by atoms with Crippen LogP contribution >= 0.6 is 0 Å². The van der Waals surface area contributed by atoms with Crippen molar-refractivity contribution in [1.29, 1.82) is 0 Å². The average molecular weight is 281 g/mol. The van der Waals surface area contributed by atoms with E-state index in [0.717, 1.165) is 39.1 Å². The lowest BCUT2D eigenvalue weighted by atomic mass is 9.99. The Balaban J connectivity index is 1.73. The lowest BCUT2D eigenvalue weighted by Crippen LogP contribution is -2.30. The molecule has 1 saturated heterocycles. The van der Waals surface area contributed by atoms with E-state index in [2.05, 4.69) is 11.9 Å². The Morgan fingerprint density at radius 3 is 2.85 bits per heavy atom. The number of nitrogens with zero attached hydrogens (tertiary/aromatic N) is 1. The molecule has 3 nitrogen and oxygen atoms in total. The number of hydrogen-bond acceptors (Lipinski definition) is 3. The number of hydrogen-bond donors (Lipinski definition) is 1. The summed E-state index contributed by atoms with van der Waals surface area (Å²) in [6, 6.07) is 6.21. The monoisotopic (exact) mass is 281 g/mol. The molecule has 0 spiro atoms. The molecule has 0 amide bonds. The summed E-state index contributed by atoms with van der Waals surface area (Å²) in [6.07, 6.45) is 2.28. The van der Waals surface area contributed by atoms with Crippen LogP contribution in [0, 0.1) is 11.7 Å². The van der Waals surface area contributed by atoms with Crippen LogP contribution in [0.25, 0.3) is 0 Å². The van der Waals surface area contributed by atoms with E-state index in [1.807, 2.05) is 0 Å². The van der Waals surface area contributed by atoms with E-state index >= 15 is 0 Å². The van der Waals surface area contributed by atoms with E-state index in [4.69, 9.17) is 4.74 Å². The van der Waals surface area contributed by atoms with Crippen LogP contribution in [-0.2, 0) is 4.74 Å². The largest absolute Gasteiger partial charge is 0.388 e. The van der Waals surface area contributed by atoms with Gasteiger partial charge in [-0.2, -0.15) is 0 Å². The molecule has 1 N–H and O–H groups in total. The summed E-state index contributed by atoms with van der Waals surface area (Å²) in [7, 11) is 2.08. The van der Waals surface area contributed by atoms with Crippen LogP contribution in [0.3, 0.4) is 0 Å². The van der Waals surface area contributed by atoms with Gasteiger partial charge >= 0.3 is 0 Å². The van der Waals surface area contributed by atoms with Gasteiger partial charge in [0.15, 0.2) is 0 Å². The van der Waals surface area contributed by atoms with E-state index in [1.165, 1.54) is 12.1 Å². The van der Waals surface area contributed by atoms with Gasteiger partial charge in [-0.25, -0.2) is 4.39 Å². The second kappa shape index (κ2) is 7.72. The number of benzene rings is 1. The molecule has 0 radical (unpaired) electrons. The molecule has 1 aromatic rings. The maximum absolute atomic E-state index is 13.1. The summed E-state index contributed by atoms with van der Waals surface area (Å²) in [4.78, 5) is 2.25. The molecule has 1 atom stereocenters. The van der Waals surface area contributed by atoms with Crippen LogP contribution in [0.4, 0.5) is 4.39 Å². The fourth-order valence-corrected chi connectivity index (χ4v) is 2.68. The highest BCUT2D eigenvalue weighted by molar-refractivity contribution is 5.18. The van der Waals surface area contributed by atoms with Crippen molar-refractivity contribution in [2.24, 2.45) is 5.92 Å². The van der Waals surface area contributed by atoms with E-state index in [-0.39, 0.29) is 5.82 Å². The van der Waals surface area contributed by atoms with Crippen molar-refractivity contribution in [2.45, 2.75) is 25.4 Å². The third-order valence-electron chi connectivity index (χ3n) is 3.93. The molecule has 1 heterocycles. The van der Waals surface area contributed by atoms with Crippen LogP contribution in [0.15, 0.2) is 24.3 Å². The molecule has 1 aliphatic heterocycles. The van der Waals surface area contributed by atoms with Gasteiger partial charge in [0.2, 0.25) is 0 Å². The Kier molecular flexibility index (Phi) is 5.95. The van der Waals surface area contributed by atoms with Gasteiger partial charge in [-0.05, 0) is 49.9 Å². The molecule has 112 valence electrons. The van der Waals surface area contributed by atoms with Crippen LogP contribution in [0.1, 0.15) is 30.9 Å². The summed E-state index contributed by atoms with van der Waals surface area (Å²) < 4.78 is 18.5. The maximum atomic E-state index is 13.1. The van der Waals surface area contributed by atoms with Crippen molar-refractivity contribution in [3.05, 3.63) is 35.6 Å². The fourth-order valence-electron chi connectivity index (χ4n) is 2.68. The third-order valence-corrected chi connectivity index (χ3v) is 3.93. The Labute approximate surface area is 120 Å². The van der Waals surface area contributed by atoms with Crippen molar-refractivity contribution in [1.82, 2.24) is 4.90 Å². The van der Waals surface area contributed by atoms with Gasteiger partial charge in [0.1, 0.15) is 5.82 Å². The normalized spacial score (nSPS) is 18.4. The molecule has 1 aliphatic rings. The summed E-state index contributed by atoms with van der Waals surface area (Å²) in [5.74, 6) is 0.400. The Hall–Kier alpha value is -0.970. The first-order valence-electron chi connectivity index (χ1n) is 7.35. The van der Waals surface area contributed by atoms with Gasteiger partial charge in [0.25, 0.3) is 0 Å². The average Bonchev–Trinajstić information content (AvgIpc) is 2.46. The molecular weight excluding hydrogens is 257 g/mol. The van der Waals surface area contributed by atoms with Crippen LogP contribution in [-0.4, -0.2) is 43.4 Å². The number of aliphatic hydroxyl groups is 1. The fraction of sp³-hybridized carbons (Fsp3) is 0.625. The number of aliphatic hydroxyl groups excluding tert-OH is 1.